The molecule has 3 N–H and O–H groups in total. The molecule has 1 aliphatic heterocycles. The summed E-state index contributed by atoms with van der Waals surface area (Å²) in [4.78, 5) is 14.1. The van der Waals surface area contributed by atoms with Crippen molar-refractivity contribution in [2.45, 2.75) is 39.3 Å². The minimum absolute atomic E-state index is 0.0222. The van der Waals surface area contributed by atoms with Crippen molar-refractivity contribution in [3.8, 4) is 0 Å². The highest BCUT2D eigenvalue weighted by atomic mass is 16.2. The molecule has 0 aromatic rings. The van der Waals surface area contributed by atoms with Crippen molar-refractivity contribution in [1.29, 1.82) is 0 Å². The first-order chi connectivity index (χ1) is 7.07. The van der Waals surface area contributed by atoms with Crippen LogP contribution in [-0.4, -0.2) is 42.5 Å². The number of rotatable bonds is 3. The number of hydrogen-bond acceptors (Lipinski definition) is 3. The third kappa shape index (κ3) is 2.92. The van der Waals surface area contributed by atoms with Gasteiger partial charge in [-0.1, -0.05) is 13.8 Å². The number of hydrogen-bond donors (Lipinski definition) is 2. The van der Waals surface area contributed by atoms with Crippen LogP contribution in [0.5, 0.6) is 0 Å². The van der Waals surface area contributed by atoms with Crippen LogP contribution in [0, 0.1) is 5.92 Å². The summed E-state index contributed by atoms with van der Waals surface area (Å²) in [5.74, 6) is 0.486. The number of carbonyl (C=O) groups excluding carboxylic acids is 1. The molecule has 2 atom stereocenters. The Morgan fingerprint density at radius 1 is 1.53 bits per heavy atom. The Labute approximate surface area is 92.2 Å². The Hall–Kier alpha value is -0.610. The molecule has 0 aromatic heterocycles. The van der Waals surface area contributed by atoms with Gasteiger partial charge in [0.05, 0.1) is 6.04 Å². The number of carbonyl (C=O) groups is 1. The SMILES string of the molecule is CC(C)C1C(=O)NCCCN1C(C)CN. The van der Waals surface area contributed by atoms with Crippen molar-refractivity contribution < 1.29 is 4.79 Å². The third-order valence-electron chi connectivity index (χ3n) is 3.06. The summed E-state index contributed by atoms with van der Waals surface area (Å²) in [6.07, 6.45) is 1.01. The lowest BCUT2D eigenvalue weighted by molar-refractivity contribution is -0.127. The fraction of sp³-hybridized carbons (Fsp3) is 0.909. The normalized spacial score (nSPS) is 26.2. The molecule has 15 heavy (non-hydrogen) atoms. The molecule has 1 aliphatic rings. The first-order valence-corrected chi connectivity index (χ1v) is 5.81. The molecule has 0 saturated carbocycles. The van der Waals surface area contributed by atoms with Crippen LogP contribution in [0.2, 0.25) is 0 Å². The van der Waals surface area contributed by atoms with Gasteiger partial charge < -0.3 is 11.1 Å². The zero-order valence-corrected chi connectivity index (χ0v) is 9.99. The topological polar surface area (TPSA) is 58.4 Å². The van der Waals surface area contributed by atoms with E-state index in [1.165, 1.54) is 0 Å². The number of nitrogens with zero attached hydrogens (tertiary/aromatic N) is 1. The molecule has 0 bridgehead atoms. The molecule has 1 rings (SSSR count). The largest absolute Gasteiger partial charge is 0.355 e. The van der Waals surface area contributed by atoms with Crippen molar-refractivity contribution in [2.75, 3.05) is 19.6 Å². The molecule has 2 unspecified atom stereocenters. The van der Waals surface area contributed by atoms with Crippen LogP contribution in [0.3, 0.4) is 0 Å². The van der Waals surface area contributed by atoms with Crippen LogP contribution in [0.1, 0.15) is 27.2 Å². The Morgan fingerprint density at radius 3 is 2.73 bits per heavy atom. The molecular formula is C11H23N3O. The smallest absolute Gasteiger partial charge is 0.237 e. The van der Waals surface area contributed by atoms with Gasteiger partial charge in [-0.2, -0.15) is 0 Å². The van der Waals surface area contributed by atoms with Gasteiger partial charge in [0.1, 0.15) is 0 Å². The monoisotopic (exact) mass is 213 g/mol. The van der Waals surface area contributed by atoms with Crippen LogP contribution >= 0.6 is 0 Å². The lowest BCUT2D eigenvalue weighted by Gasteiger charge is -2.35. The molecule has 1 saturated heterocycles. The van der Waals surface area contributed by atoms with Gasteiger partial charge in [-0.05, 0) is 19.3 Å². The second-order valence-electron chi connectivity index (χ2n) is 4.66. The Bertz CT molecular complexity index is 218. The van der Waals surface area contributed by atoms with Gasteiger partial charge in [0, 0.05) is 25.7 Å². The van der Waals surface area contributed by atoms with Crippen molar-refractivity contribution in [1.82, 2.24) is 10.2 Å². The second kappa shape index (κ2) is 5.47. The summed E-state index contributed by atoms with van der Waals surface area (Å²) < 4.78 is 0. The first-order valence-electron chi connectivity index (χ1n) is 5.81. The third-order valence-corrected chi connectivity index (χ3v) is 3.06. The highest BCUT2D eigenvalue weighted by molar-refractivity contribution is 5.82. The van der Waals surface area contributed by atoms with Crippen molar-refractivity contribution in [2.24, 2.45) is 11.7 Å². The van der Waals surface area contributed by atoms with Gasteiger partial charge in [-0.25, -0.2) is 0 Å². The van der Waals surface area contributed by atoms with E-state index in [2.05, 4.69) is 31.0 Å². The molecule has 0 spiro atoms. The van der Waals surface area contributed by atoms with Crippen LogP contribution in [-0.2, 0) is 4.79 Å². The predicted octanol–water partition coefficient (Wildman–Crippen LogP) is 0.180. The molecular weight excluding hydrogens is 190 g/mol. The van der Waals surface area contributed by atoms with E-state index < -0.39 is 0 Å². The van der Waals surface area contributed by atoms with Gasteiger partial charge in [-0.3, -0.25) is 9.69 Å². The average molecular weight is 213 g/mol. The molecule has 0 aromatic carbocycles. The maximum atomic E-state index is 11.9. The molecule has 1 fully saturated rings. The van der Waals surface area contributed by atoms with Gasteiger partial charge >= 0.3 is 0 Å². The van der Waals surface area contributed by atoms with Crippen molar-refractivity contribution in [3.63, 3.8) is 0 Å². The summed E-state index contributed by atoms with van der Waals surface area (Å²) in [6, 6.07) is 0.257. The molecule has 0 aliphatic carbocycles. The van der Waals surface area contributed by atoms with Crippen LogP contribution in [0.4, 0.5) is 0 Å². The van der Waals surface area contributed by atoms with E-state index in [4.69, 9.17) is 5.73 Å². The van der Waals surface area contributed by atoms with Crippen LogP contribution < -0.4 is 11.1 Å². The average Bonchev–Trinajstić information content (AvgIpc) is 2.38. The lowest BCUT2D eigenvalue weighted by atomic mass is 10.00. The summed E-state index contributed by atoms with van der Waals surface area (Å²) >= 11 is 0. The Balaban J connectivity index is 2.82. The lowest BCUT2D eigenvalue weighted by Crippen LogP contribution is -2.52. The molecule has 88 valence electrons. The van der Waals surface area contributed by atoms with E-state index in [0.717, 1.165) is 19.5 Å². The summed E-state index contributed by atoms with van der Waals surface area (Å²) in [7, 11) is 0. The Morgan fingerprint density at radius 2 is 2.20 bits per heavy atom. The summed E-state index contributed by atoms with van der Waals surface area (Å²) in [5, 5.41) is 2.96. The summed E-state index contributed by atoms with van der Waals surface area (Å²) in [5.41, 5.74) is 5.69. The molecule has 1 amide bonds. The van der Waals surface area contributed by atoms with E-state index in [9.17, 15) is 4.79 Å². The van der Waals surface area contributed by atoms with Crippen LogP contribution in [0.15, 0.2) is 0 Å². The highest BCUT2D eigenvalue weighted by Crippen LogP contribution is 2.16. The van der Waals surface area contributed by atoms with E-state index in [-0.39, 0.29) is 18.0 Å². The van der Waals surface area contributed by atoms with Crippen molar-refractivity contribution in [3.05, 3.63) is 0 Å². The van der Waals surface area contributed by atoms with Gasteiger partial charge in [0.25, 0.3) is 0 Å². The quantitative estimate of drug-likeness (QED) is 0.703. The number of nitrogens with one attached hydrogen (secondary N) is 1. The zero-order valence-electron chi connectivity index (χ0n) is 9.99. The minimum Gasteiger partial charge on any atom is -0.355 e. The minimum atomic E-state index is -0.0222. The maximum absolute atomic E-state index is 11.9. The standard InChI is InChI=1S/C11H23N3O/c1-8(2)10-11(15)13-5-4-6-14(10)9(3)7-12/h8-10H,4-7,12H2,1-3H3,(H,13,15). The fourth-order valence-corrected chi connectivity index (χ4v) is 2.18. The molecule has 0 radical (unpaired) electrons. The maximum Gasteiger partial charge on any atom is 0.237 e. The van der Waals surface area contributed by atoms with Gasteiger partial charge in [0.2, 0.25) is 5.91 Å². The van der Waals surface area contributed by atoms with Gasteiger partial charge in [-0.15, -0.1) is 0 Å². The van der Waals surface area contributed by atoms with E-state index in [0.29, 0.717) is 12.5 Å². The highest BCUT2D eigenvalue weighted by Gasteiger charge is 2.32. The Kier molecular flexibility index (Phi) is 4.54. The first kappa shape index (κ1) is 12.5. The van der Waals surface area contributed by atoms with Gasteiger partial charge in [0.15, 0.2) is 0 Å². The van der Waals surface area contributed by atoms with E-state index in [1.54, 1.807) is 0 Å². The molecule has 1 heterocycles. The number of amides is 1. The van der Waals surface area contributed by atoms with E-state index in [1.807, 2.05) is 0 Å². The zero-order chi connectivity index (χ0) is 11.4. The fourth-order valence-electron chi connectivity index (χ4n) is 2.18. The molecule has 4 nitrogen and oxygen atoms in total. The molecule has 4 heteroatoms. The van der Waals surface area contributed by atoms with Crippen LogP contribution in [0.25, 0.3) is 0 Å². The summed E-state index contributed by atoms with van der Waals surface area (Å²) in [6.45, 7) is 8.62. The second-order valence-corrected chi connectivity index (χ2v) is 4.66. The number of nitrogens with two attached hydrogens (primary N) is 1. The van der Waals surface area contributed by atoms with Crippen molar-refractivity contribution >= 4 is 5.91 Å². The van der Waals surface area contributed by atoms with E-state index >= 15 is 0 Å². The predicted molar refractivity (Wildman–Crippen MR) is 61.5 cm³/mol.